The SMILES string of the molecule is COC(=O)C(=O)C(C)C(=O)c1ccco1. The lowest BCUT2D eigenvalue weighted by Crippen LogP contribution is -2.28. The number of methoxy groups -OCH3 is 1. The molecule has 0 aliphatic rings. The van der Waals surface area contributed by atoms with Crippen LogP contribution in [0.4, 0.5) is 0 Å². The number of esters is 1. The molecule has 1 unspecified atom stereocenters. The quantitative estimate of drug-likeness (QED) is 0.318. The average Bonchev–Trinajstić information content (AvgIpc) is 2.78. The molecule has 0 spiro atoms. The number of ether oxygens (including phenoxy) is 1. The predicted octanol–water partition coefficient (Wildman–Crippen LogP) is 0.840. The van der Waals surface area contributed by atoms with Crippen LogP contribution in [0, 0.1) is 5.92 Å². The zero-order valence-electron chi connectivity index (χ0n) is 8.35. The second-order valence-corrected chi connectivity index (χ2v) is 2.92. The molecule has 1 aromatic heterocycles. The largest absolute Gasteiger partial charge is 0.463 e. The molecule has 0 radical (unpaired) electrons. The van der Waals surface area contributed by atoms with Gasteiger partial charge in [0.15, 0.2) is 5.76 Å². The van der Waals surface area contributed by atoms with E-state index in [1.54, 1.807) is 0 Å². The molecule has 1 aromatic rings. The van der Waals surface area contributed by atoms with Gasteiger partial charge in [0.1, 0.15) is 0 Å². The van der Waals surface area contributed by atoms with Crippen LogP contribution in [-0.4, -0.2) is 24.6 Å². The third kappa shape index (κ3) is 2.31. The van der Waals surface area contributed by atoms with Crippen LogP contribution >= 0.6 is 0 Å². The van der Waals surface area contributed by atoms with Crippen LogP contribution in [0.5, 0.6) is 0 Å². The zero-order chi connectivity index (χ0) is 11.4. The van der Waals surface area contributed by atoms with Crippen molar-refractivity contribution in [1.82, 2.24) is 0 Å². The summed E-state index contributed by atoms with van der Waals surface area (Å²) >= 11 is 0. The Morgan fingerprint density at radius 2 is 2.07 bits per heavy atom. The monoisotopic (exact) mass is 210 g/mol. The number of hydrogen-bond donors (Lipinski definition) is 0. The molecular weight excluding hydrogens is 200 g/mol. The van der Waals surface area contributed by atoms with Crippen molar-refractivity contribution in [3.8, 4) is 0 Å². The van der Waals surface area contributed by atoms with E-state index in [0.717, 1.165) is 7.11 Å². The fraction of sp³-hybridized carbons (Fsp3) is 0.300. The minimum atomic E-state index is -1.08. The van der Waals surface area contributed by atoms with Crippen molar-refractivity contribution in [3.05, 3.63) is 24.2 Å². The Balaban J connectivity index is 2.77. The maximum absolute atomic E-state index is 11.5. The molecule has 1 atom stereocenters. The molecule has 0 aliphatic carbocycles. The van der Waals surface area contributed by atoms with Gasteiger partial charge in [0.25, 0.3) is 5.78 Å². The number of rotatable bonds is 4. The Hall–Kier alpha value is -1.91. The van der Waals surface area contributed by atoms with Crippen LogP contribution in [0.15, 0.2) is 22.8 Å². The van der Waals surface area contributed by atoms with Gasteiger partial charge in [-0.15, -0.1) is 0 Å². The molecule has 5 heteroatoms. The molecule has 1 heterocycles. The van der Waals surface area contributed by atoms with Gasteiger partial charge in [-0.05, 0) is 19.1 Å². The topological polar surface area (TPSA) is 73.6 Å². The maximum Gasteiger partial charge on any atom is 0.375 e. The lowest BCUT2D eigenvalue weighted by molar-refractivity contribution is -0.152. The highest BCUT2D eigenvalue weighted by Crippen LogP contribution is 2.10. The summed E-state index contributed by atoms with van der Waals surface area (Å²) in [4.78, 5) is 33.7. The Labute approximate surface area is 86.0 Å². The fourth-order valence-corrected chi connectivity index (χ4v) is 1.03. The first-order valence-electron chi connectivity index (χ1n) is 4.27. The van der Waals surface area contributed by atoms with E-state index in [1.807, 2.05) is 0 Å². The minimum absolute atomic E-state index is 0.0553. The van der Waals surface area contributed by atoms with Gasteiger partial charge in [-0.1, -0.05) is 0 Å². The van der Waals surface area contributed by atoms with Crippen molar-refractivity contribution >= 4 is 17.5 Å². The summed E-state index contributed by atoms with van der Waals surface area (Å²) in [7, 11) is 1.09. The number of ketones is 2. The summed E-state index contributed by atoms with van der Waals surface area (Å²) in [5.74, 6) is -3.46. The van der Waals surface area contributed by atoms with Crippen LogP contribution in [0.2, 0.25) is 0 Å². The van der Waals surface area contributed by atoms with Gasteiger partial charge in [0.05, 0.1) is 19.3 Å². The van der Waals surface area contributed by atoms with Crippen LogP contribution < -0.4 is 0 Å². The van der Waals surface area contributed by atoms with Gasteiger partial charge in [-0.2, -0.15) is 0 Å². The van der Waals surface area contributed by atoms with Crippen molar-refractivity contribution in [2.75, 3.05) is 7.11 Å². The van der Waals surface area contributed by atoms with Crippen LogP contribution in [0.1, 0.15) is 17.5 Å². The molecule has 0 aliphatic heterocycles. The van der Waals surface area contributed by atoms with E-state index in [4.69, 9.17) is 4.42 Å². The molecule has 80 valence electrons. The van der Waals surface area contributed by atoms with Crippen LogP contribution in [0.25, 0.3) is 0 Å². The summed E-state index contributed by atoms with van der Waals surface area (Å²) in [6.07, 6.45) is 1.32. The van der Waals surface area contributed by atoms with E-state index in [1.165, 1.54) is 25.3 Å². The van der Waals surface area contributed by atoms with Gasteiger partial charge >= 0.3 is 5.97 Å². The fourth-order valence-electron chi connectivity index (χ4n) is 1.03. The van der Waals surface area contributed by atoms with Crippen molar-refractivity contribution in [1.29, 1.82) is 0 Å². The number of carbonyl (C=O) groups is 3. The number of furan rings is 1. The normalized spacial score (nSPS) is 11.9. The summed E-state index contributed by atoms with van der Waals surface area (Å²) in [6.45, 7) is 1.34. The van der Waals surface area contributed by atoms with Gasteiger partial charge in [-0.25, -0.2) is 4.79 Å². The van der Waals surface area contributed by atoms with Gasteiger partial charge in [0, 0.05) is 0 Å². The Bertz CT molecular complexity index is 377. The van der Waals surface area contributed by atoms with E-state index >= 15 is 0 Å². The number of carbonyl (C=O) groups excluding carboxylic acids is 3. The molecule has 0 saturated heterocycles. The highest BCUT2D eigenvalue weighted by Gasteiger charge is 2.30. The lowest BCUT2D eigenvalue weighted by atomic mass is 10.00. The highest BCUT2D eigenvalue weighted by molar-refractivity contribution is 6.39. The Morgan fingerprint density at radius 1 is 1.40 bits per heavy atom. The van der Waals surface area contributed by atoms with Crippen molar-refractivity contribution in [3.63, 3.8) is 0 Å². The van der Waals surface area contributed by atoms with Crippen LogP contribution in [0.3, 0.4) is 0 Å². The van der Waals surface area contributed by atoms with Crippen molar-refractivity contribution in [2.45, 2.75) is 6.92 Å². The standard InChI is InChI=1S/C10H10O5/c1-6(9(12)10(13)14-2)8(11)7-4-3-5-15-7/h3-6H,1-2H3. The van der Waals surface area contributed by atoms with Crippen LogP contribution in [-0.2, 0) is 14.3 Å². The third-order valence-corrected chi connectivity index (χ3v) is 1.94. The summed E-state index contributed by atoms with van der Waals surface area (Å²) < 4.78 is 9.06. The molecule has 0 amide bonds. The van der Waals surface area contributed by atoms with Crippen molar-refractivity contribution in [2.24, 2.45) is 5.92 Å². The van der Waals surface area contributed by atoms with Gasteiger partial charge < -0.3 is 9.15 Å². The van der Waals surface area contributed by atoms with Gasteiger partial charge in [0.2, 0.25) is 5.78 Å². The molecule has 0 N–H and O–H groups in total. The van der Waals surface area contributed by atoms with E-state index < -0.39 is 23.5 Å². The van der Waals surface area contributed by atoms with E-state index in [0.29, 0.717) is 0 Å². The smallest absolute Gasteiger partial charge is 0.375 e. The highest BCUT2D eigenvalue weighted by atomic mass is 16.5. The Kier molecular flexibility index (Phi) is 3.38. The first-order chi connectivity index (χ1) is 7.07. The minimum Gasteiger partial charge on any atom is -0.463 e. The molecule has 0 saturated carbocycles. The summed E-state index contributed by atoms with van der Waals surface area (Å²) in [5, 5.41) is 0. The second-order valence-electron chi connectivity index (χ2n) is 2.92. The number of Topliss-reactive ketones (excluding diaryl/α,β-unsaturated/α-hetero) is 2. The summed E-state index contributed by atoms with van der Waals surface area (Å²) in [6, 6.07) is 2.96. The van der Waals surface area contributed by atoms with E-state index in [-0.39, 0.29) is 5.76 Å². The lowest BCUT2D eigenvalue weighted by Gasteiger charge is -2.05. The molecule has 0 bridgehead atoms. The average molecular weight is 210 g/mol. The second kappa shape index (κ2) is 4.54. The molecular formula is C10H10O5. The first-order valence-corrected chi connectivity index (χ1v) is 4.27. The molecule has 15 heavy (non-hydrogen) atoms. The maximum atomic E-state index is 11.5. The predicted molar refractivity (Wildman–Crippen MR) is 49.2 cm³/mol. The Morgan fingerprint density at radius 3 is 2.53 bits per heavy atom. The van der Waals surface area contributed by atoms with E-state index in [2.05, 4.69) is 4.74 Å². The molecule has 0 fully saturated rings. The molecule has 1 rings (SSSR count). The third-order valence-electron chi connectivity index (χ3n) is 1.94. The number of hydrogen-bond acceptors (Lipinski definition) is 5. The van der Waals surface area contributed by atoms with Crippen molar-refractivity contribution < 1.29 is 23.5 Å². The van der Waals surface area contributed by atoms with Gasteiger partial charge in [-0.3, -0.25) is 9.59 Å². The zero-order valence-corrected chi connectivity index (χ0v) is 8.35. The molecule has 0 aromatic carbocycles. The first kappa shape index (κ1) is 11.2. The molecule has 5 nitrogen and oxygen atoms in total. The summed E-state index contributed by atoms with van der Waals surface area (Å²) in [5.41, 5.74) is 0. The van der Waals surface area contributed by atoms with E-state index in [9.17, 15) is 14.4 Å².